The third-order valence-corrected chi connectivity index (χ3v) is 5.24. The molecule has 5 nitrogen and oxygen atoms in total. The van der Waals surface area contributed by atoms with Gasteiger partial charge in [-0.2, -0.15) is 0 Å². The van der Waals surface area contributed by atoms with Crippen molar-refractivity contribution in [3.05, 3.63) is 65.2 Å². The fraction of sp³-hybridized carbons (Fsp3) is 0.391. The summed E-state index contributed by atoms with van der Waals surface area (Å²) in [5.74, 6) is 0.362. The van der Waals surface area contributed by atoms with Gasteiger partial charge in [0.25, 0.3) is 5.91 Å². The summed E-state index contributed by atoms with van der Waals surface area (Å²) >= 11 is 0. The number of hydrogen-bond acceptors (Lipinski definition) is 4. The number of esters is 1. The van der Waals surface area contributed by atoms with Crippen LogP contribution < -0.4 is 4.74 Å². The number of amides is 1. The van der Waals surface area contributed by atoms with Crippen molar-refractivity contribution in [1.29, 1.82) is 0 Å². The van der Waals surface area contributed by atoms with E-state index in [0.717, 1.165) is 24.8 Å². The number of likely N-dealkylation sites (tertiary alicyclic amines) is 1. The van der Waals surface area contributed by atoms with Crippen molar-refractivity contribution in [2.24, 2.45) is 5.92 Å². The van der Waals surface area contributed by atoms with Crippen LogP contribution in [0.1, 0.15) is 34.3 Å². The van der Waals surface area contributed by atoms with E-state index in [0.29, 0.717) is 30.3 Å². The molecule has 0 spiro atoms. The van der Waals surface area contributed by atoms with Gasteiger partial charge in [0.05, 0.1) is 7.11 Å². The van der Waals surface area contributed by atoms with E-state index >= 15 is 0 Å². The van der Waals surface area contributed by atoms with E-state index in [4.69, 9.17) is 9.47 Å². The van der Waals surface area contributed by atoms with Crippen LogP contribution in [0.15, 0.2) is 48.5 Å². The first-order valence-electron chi connectivity index (χ1n) is 9.70. The molecular weight excluding hydrogens is 354 g/mol. The van der Waals surface area contributed by atoms with E-state index in [9.17, 15) is 9.59 Å². The lowest BCUT2D eigenvalue weighted by molar-refractivity contribution is -0.135. The van der Waals surface area contributed by atoms with Gasteiger partial charge < -0.3 is 14.4 Å². The van der Waals surface area contributed by atoms with Crippen LogP contribution in [0.2, 0.25) is 0 Å². The highest BCUT2D eigenvalue weighted by Gasteiger charge is 2.24. The summed E-state index contributed by atoms with van der Waals surface area (Å²) in [5.41, 5.74) is 2.62. The molecule has 1 aliphatic rings. The fourth-order valence-electron chi connectivity index (χ4n) is 3.61. The minimum Gasteiger partial charge on any atom is -0.496 e. The van der Waals surface area contributed by atoms with Crippen molar-refractivity contribution >= 4 is 11.9 Å². The Balaban J connectivity index is 1.47. The molecule has 1 amide bonds. The number of ether oxygens (including phenoxy) is 2. The highest BCUT2D eigenvalue weighted by Crippen LogP contribution is 2.23. The monoisotopic (exact) mass is 381 g/mol. The quantitative estimate of drug-likeness (QED) is 0.717. The minimum absolute atomic E-state index is 0.141. The number of nitrogens with zero attached hydrogens (tertiary/aromatic N) is 1. The molecule has 0 aliphatic carbocycles. The lowest BCUT2D eigenvalue weighted by Crippen LogP contribution is -2.41. The highest BCUT2D eigenvalue weighted by molar-refractivity contribution is 5.94. The summed E-state index contributed by atoms with van der Waals surface area (Å²) in [6.07, 6.45) is 2.99. The summed E-state index contributed by atoms with van der Waals surface area (Å²) in [7, 11) is 1.51. The molecule has 0 aromatic heterocycles. The van der Waals surface area contributed by atoms with E-state index in [1.165, 1.54) is 12.7 Å². The minimum atomic E-state index is -0.534. The molecule has 5 heteroatoms. The van der Waals surface area contributed by atoms with Crippen molar-refractivity contribution in [3.63, 3.8) is 0 Å². The van der Waals surface area contributed by atoms with Crippen LogP contribution in [0.3, 0.4) is 0 Å². The van der Waals surface area contributed by atoms with Gasteiger partial charge in [0.15, 0.2) is 6.61 Å². The Hall–Kier alpha value is -2.82. The van der Waals surface area contributed by atoms with Crippen LogP contribution in [-0.4, -0.2) is 43.6 Å². The van der Waals surface area contributed by atoms with Gasteiger partial charge in [-0.15, -0.1) is 0 Å². The Morgan fingerprint density at radius 3 is 2.46 bits per heavy atom. The van der Waals surface area contributed by atoms with Crippen LogP contribution in [0.25, 0.3) is 0 Å². The lowest BCUT2D eigenvalue weighted by Gasteiger charge is -2.32. The molecule has 0 bridgehead atoms. The van der Waals surface area contributed by atoms with Gasteiger partial charge in [-0.3, -0.25) is 4.79 Å². The largest absolute Gasteiger partial charge is 0.496 e. The predicted molar refractivity (Wildman–Crippen MR) is 107 cm³/mol. The summed E-state index contributed by atoms with van der Waals surface area (Å²) in [5, 5.41) is 0. The molecule has 3 rings (SSSR count). The Kier molecular flexibility index (Phi) is 6.69. The molecule has 2 aromatic carbocycles. The second-order valence-corrected chi connectivity index (χ2v) is 7.29. The molecule has 0 saturated carbocycles. The van der Waals surface area contributed by atoms with E-state index in [1.54, 1.807) is 17.0 Å². The van der Waals surface area contributed by atoms with Gasteiger partial charge in [-0.25, -0.2) is 4.79 Å². The van der Waals surface area contributed by atoms with Gasteiger partial charge in [-0.05, 0) is 49.8 Å². The first-order valence-corrected chi connectivity index (χ1v) is 9.70. The second kappa shape index (κ2) is 9.40. The zero-order chi connectivity index (χ0) is 19.9. The SMILES string of the molecule is COc1ccc(C)cc1C(=O)OCC(=O)N1CCC(Cc2ccccc2)CC1. The van der Waals surface area contributed by atoms with Gasteiger partial charge in [0, 0.05) is 13.1 Å². The first-order chi connectivity index (χ1) is 13.6. The number of methoxy groups -OCH3 is 1. The molecular formula is C23H27NO4. The van der Waals surface area contributed by atoms with Crippen LogP contribution in [-0.2, 0) is 16.0 Å². The second-order valence-electron chi connectivity index (χ2n) is 7.29. The average Bonchev–Trinajstić information content (AvgIpc) is 2.73. The number of aryl methyl sites for hydroxylation is 1. The lowest BCUT2D eigenvalue weighted by atomic mass is 9.90. The zero-order valence-electron chi connectivity index (χ0n) is 16.5. The van der Waals surface area contributed by atoms with E-state index < -0.39 is 5.97 Å². The molecule has 148 valence electrons. The average molecular weight is 381 g/mol. The Morgan fingerprint density at radius 1 is 1.07 bits per heavy atom. The maximum absolute atomic E-state index is 12.4. The summed E-state index contributed by atoms with van der Waals surface area (Å²) in [6.45, 7) is 3.07. The van der Waals surface area contributed by atoms with Crippen molar-refractivity contribution in [3.8, 4) is 5.75 Å². The molecule has 1 aliphatic heterocycles. The van der Waals surface area contributed by atoms with Gasteiger partial charge in [0.1, 0.15) is 11.3 Å². The molecule has 0 unspecified atom stereocenters. The summed E-state index contributed by atoms with van der Waals surface area (Å²) < 4.78 is 10.5. The number of piperidine rings is 1. The maximum atomic E-state index is 12.4. The van der Waals surface area contributed by atoms with Gasteiger partial charge in [0.2, 0.25) is 0 Å². The smallest absolute Gasteiger partial charge is 0.342 e. The topological polar surface area (TPSA) is 55.8 Å². The Labute approximate surface area is 166 Å². The number of carbonyl (C=O) groups is 2. The number of rotatable bonds is 6. The molecule has 2 aromatic rings. The highest BCUT2D eigenvalue weighted by atomic mass is 16.5. The molecule has 0 radical (unpaired) electrons. The summed E-state index contributed by atoms with van der Waals surface area (Å²) in [6, 6.07) is 15.7. The number of benzene rings is 2. The van der Waals surface area contributed by atoms with Gasteiger partial charge in [-0.1, -0.05) is 42.0 Å². The van der Waals surface area contributed by atoms with E-state index in [-0.39, 0.29) is 12.5 Å². The number of carbonyl (C=O) groups excluding carboxylic acids is 2. The standard InChI is InChI=1S/C23H27NO4/c1-17-8-9-21(27-2)20(14-17)23(26)28-16-22(25)24-12-10-19(11-13-24)15-18-6-4-3-5-7-18/h3-9,14,19H,10-13,15-16H2,1-2H3. The Bertz CT molecular complexity index is 811. The normalized spacial score (nSPS) is 14.6. The van der Waals surface area contributed by atoms with Crippen LogP contribution in [0.4, 0.5) is 0 Å². The van der Waals surface area contributed by atoms with Crippen LogP contribution >= 0.6 is 0 Å². The van der Waals surface area contributed by atoms with Crippen molar-refractivity contribution in [2.45, 2.75) is 26.2 Å². The molecule has 0 N–H and O–H groups in total. The molecule has 0 atom stereocenters. The van der Waals surface area contributed by atoms with Crippen molar-refractivity contribution < 1.29 is 19.1 Å². The first kappa shape index (κ1) is 19.9. The Morgan fingerprint density at radius 2 is 1.79 bits per heavy atom. The van der Waals surface area contributed by atoms with E-state index in [2.05, 4.69) is 24.3 Å². The molecule has 1 saturated heterocycles. The van der Waals surface area contributed by atoms with Gasteiger partial charge >= 0.3 is 5.97 Å². The fourth-order valence-corrected chi connectivity index (χ4v) is 3.61. The third kappa shape index (κ3) is 5.12. The van der Waals surface area contributed by atoms with E-state index in [1.807, 2.05) is 19.1 Å². The molecule has 1 fully saturated rings. The maximum Gasteiger partial charge on any atom is 0.342 e. The van der Waals surface area contributed by atoms with Crippen LogP contribution in [0.5, 0.6) is 5.75 Å². The summed E-state index contributed by atoms with van der Waals surface area (Å²) in [4.78, 5) is 26.6. The van der Waals surface area contributed by atoms with Crippen LogP contribution in [0, 0.1) is 12.8 Å². The number of hydrogen-bond donors (Lipinski definition) is 0. The van der Waals surface area contributed by atoms with Crippen molar-refractivity contribution in [2.75, 3.05) is 26.8 Å². The molecule has 28 heavy (non-hydrogen) atoms. The predicted octanol–water partition coefficient (Wildman–Crippen LogP) is 3.64. The zero-order valence-corrected chi connectivity index (χ0v) is 16.5. The molecule has 1 heterocycles. The third-order valence-electron chi connectivity index (χ3n) is 5.24. The van der Waals surface area contributed by atoms with Crippen molar-refractivity contribution in [1.82, 2.24) is 4.90 Å².